The Morgan fingerprint density at radius 1 is 0.625 bits per heavy atom. The first kappa shape index (κ1) is 25.6. The van der Waals surface area contributed by atoms with E-state index in [2.05, 4.69) is 6.92 Å². The molecule has 0 atom stereocenters. The SMILES string of the molecule is CCCCCCCC1(CCCCC2(c3cc(F)c(F)c(F)c3)CCCCC2)CCCCC1. The third-order valence-corrected chi connectivity index (χ3v) is 8.74. The Labute approximate surface area is 194 Å². The minimum atomic E-state index is -1.34. The van der Waals surface area contributed by atoms with Crippen LogP contribution in [0.3, 0.4) is 0 Å². The fraction of sp³-hybridized carbons (Fsp3) is 0.793. The van der Waals surface area contributed by atoms with Crippen molar-refractivity contribution in [3.63, 3.8) is 0 Å². The van der Waals surface area contributed by atoms with Gasteiger partial charge in [-0.3, -0.25) is 0 Å². The molecule has 1 aromatic carbocycles. The van der Waals surface area contributed by atoms with Gasteiger partial charge in [-0.25, -0.2) is 13.2 Å². The number of rotatable bonds is 12. The van der Waals surface area contributed by atoms with Crippen molar-refractivity contribution < 1.29 is 13.2 Å². The molecule has 2 saturated carbocycles. The zero-order valence-electron chi connectivity index (χ0n) is 20.4. The van der Waals surface area contributed by atoms with Crippen molar-refractivity contribution in [3.8, 4) is 0 Å². The van der Waals surface area contributed by atoms with Crippen molar-refractivity contribution >= 4 is 0 Å². The van der Waals surface area contributed by atoms with E-state index in [1.807, 2.05) is 0 Å². The Morgan fingerprint density at radius 3 is 1.72 bits per heavy atom. The number of hydrogen-bond donors (Lipinski definition) is 0. The molecule has 0 unspecified atom stereocenters. The maximum Gasteiger partial charge on any atom is 0.194 e. The second-order valence-electron chi connectivity index (χ2n) is 11.0. The molecule has 0 N–H and O–H groups in total. The predicted octanol–water partition coefficient (Wildman–Crippen LogP) is 10.2. The maximum absolute atomic E-state index is 14.0. The molecule has 0 bridgehead atoms. The third kappa shape index (κ3) is 6.76. The molecule has 2 fully saturated rings. The molecule has 0 amide bonds. The molecule has 1 aromatic rings. The van der Waals surface area contributed by atoms with Gasteiger partial charge < -0.3 is 0 Å². The summed E-state index contributed by atoms with van der Waals surface area (Å²) in [5, 5.41) is 0. The van der Waals surface area contributed by atoms with Crippen molar-refractivity contribution in [1.29, 1.82) is 0 Å². The van der Waals surface area contributed by atoms with Crippen LogP contribution in [0.1, 0.15) is 141 Å². The van der Waals surface area contributed by atoms with Gasteiger partial charge in [-0.2, -0.15) is 0 Å². The second kappa shape index (κ2) is 12.5. The van der Waals surface area contributed by atoms with Gasteiger partial charge in [-0.05, 0) is 73.5 Å². The average Bonchev–Trinajstić information content (AvgIpc) is 2.81. The van der Waals surface area contributed by atoms with Gasteiger partial charge in [0.15, 0.2) is 17.5 Å². The molecule has 0 heterocycles. The van der Waals surface area contributed by atoms with E-state index in [0.29, 0.717) is 11.0 Å². The zero-order chi connectivity index (χ0) is 22.9. The van der Waals surface area contributed by atoms with Crippen LogP contribution >= 0.6 is 0 Å². The molecular formula is C29H45F3. The summed E-state index contributed by atoms with van der Waals surface area (Å²) in [6.07, 6.45) is 25.0. The van der Waals surface area contributed by atoms with Gasteiger partial charge in [0.2, 0.25) is 0 Å². The fourth-order valence-electron chi connectivity index (χ4n) is 6.77. The van der Waals surface area contributed by atoms with Crippen LogP contribution < -0.4 is 0 Å². The van der Waals surface area contributed by atoms with Crippen LogP contribution in [0, 0.1) is 22.9 Å². The number of hydrogen-bond acceptors (Lipinski definition) is 0. The van der Waals surface area contributed by atoms with E-state index in [1.165, 1.54) is 102 Å². The van der Waals surface area contributed by atoms with Gasteiger partial charge in [-0.15, -0.1) is 0 Å². The molecule has 0 aromatic heterocycles. The van der Waals surface area contributed by atoms with Crippen LogP contribution in [0.4, 0.5) is 13.2 Å². The van der Waals surface area contributed by atoms with E-state index in [1.54, 1.807) is 0 Å². The highest BCUT2D eigenvalue weighted by atomic mass is 19.2. The van der Waals surface area contributed by atoms with E-state index in [-0.39, 0.29) is 5.41 Å². The van der Waals surface area contributed by atoms with Gasteiger partial charge >= 0.3 is 0 Å². The lowest BCUT2D eigenvalue weighted by Crippen LogP contribution is -2.30. The molecule has 32 heavy (non-hydrogen) atoms. The Bertz CT molecular complexity index is 661. The van der Waals surface area contributed by atoms with E-state index < -0.39 is 17.5 Å². The van der Waals surface area contributed by atoms with Gasteiger partial charge in [0.05, 0.1) is 0 Å². The molecule has 3 rings (SSSR count). The first-order chi connectivity index (χ1) is 15.5. The highest BCUT2D eigenvalue weighted by Crippen LogP contribution is 2.47. The second-order valence-corrected chi connectivity index (χ2v) is 11.0. The summed E-state index contributed by atoms with van der Waals surface area (Å²) < 4.78 is 41.6. The molecule has 0 aliphatic heterocycles. The first-order valence-corrected chi connectivity index (χ1v) is 13.7. The number of unbranched alkanes of at least 4 members (excludes halogenated alkanes) is 5. The fourth-order valence-corrected chi connectivity index (χ4v) is 6.77. The molecular weight excluding hydrogens is 405 g/mol. The van der Waals surface area contributed by atoms with Crippen LogP contribution in [0.5, 0.6) is 0 Å². The molecule has 0 saturated heterocycles. The Kier molecular flexibility index (Phi) is 9.98. The maximum atomic E-state index is 14.0. The van der Waals surface area contributed by atoms with Crippen molar-refractivity contribution in [2.45, 2.75) is 141 Å². The minimum Gasteiger partial charge on any atom is -0.204 e. The van der Waals surface area contributed by atoms with Crippen LogP contribution in [0.15, 0.2) is 12.1 Å². The van der Waals surface area contributed by atoms with E-state index >= 15 is 0 Å². The Balaban J connectivity index is 1.58. The van der Waals surface area contributed by atoms with E-state index in [0.717, 1.165) is 38.5 Å². The summed E-state index contributed by atoms with van der Waals surface area (Å²) in [6, 6.07) is 2.56. The summed E-state index contributed by atoms with van der Waals surface area (Å²) in [7, 11) is 0. The molecule has 0 radical (unpaired) electrons. The van der Waals surface area contributed by atoms with Crippen LogP contribution in [0.25, 0.3) is 0 Å². The van der Waals surface area contributed by atoms with Gasteiger partial charge in [0, 0.05) is 0 Å². The van der Waals surface area contributed by atoms with Crippen LogP contribution in [0.2, 0.25) is 0 Å². The minimum absolute atomic E-state index is 0.173. The van der Waals surface area contributed by atoms with Crippen LogP contribution in [-0.2, 0) is 5.41 Å². The summed E-state index contributed by atoms with van der Waals surface area (Å²) in [5.74, 6) is -3.40. The normalized spacial score (nSPS) is 20.4. The molecule has 182 valence electrons. The third-order valence-electron chi connectivity index (χ3n) is 8.74. The molecule has 0 spiro atoms. The van der Waals surface area contributed by atoms with Crippen molar-refractivity contribution in [2.24, 2.45) is 5.41 Å². The van der Waals surface area contributed by atoms with E-state index in [4.69, 9.17) is 0 Å². The molecule has 0 nitrogen and oxygen atoms in total. The topological polar surface area (TPSA) is 0 Å². The summed E-state index contributed by atoms with van der Waals surface area (Å²) >= 11 is 0. The molecule has 3 heteroatoms. The molecule has 2 aliphatic rings. The number of halogens is 3. The highest BCUT2D eigenvalue weighted by Gasteiger charge is 2.36. The Hall–Kier alpha value is -0.990. The van der Waals surface area contributed by atoms with Crippen LogP contribution in [-0.4, -0.2) is 0 Å². The smallest absolute Gasteiger partial charge is 0.194 e. The number of benzene rings is 1. The lowest BCUT2D eigenvalue weighted by atomic mass is 9.65. The average molecular weight is 451 g/mol. The van der Waals surface area contributed by atoms with Gasteiger partial charge in [0.1, 0.15) is 0 Å². The van der Waals surface area contributed by atoms with Crippen molar-refractivity contribution in [1.82, 2.24) is 0 Å². The zero-order valence-corrected chi connectivity index (χ0v) is 20.4. The quantitative estimate of drug-likeness (QED) is 0.219. The Morgan fingerprint density at radius 2 is 1.12 bits per heavy atom. The highest BCUT2D eigenvalue weighted by molar-refractivity contribution is 5.28. The summed E-state index contributed by atoms with van der Waals surface area (Å²) in [5.41, 5.74) is 1.06. The standard InChI is InChI=1S/C29H45F3/c1-2-3-4-5-8-15-28(16-9-6-10-17-28)18-13-14-21-29(19-11-7-12-20-29)24-22-25(30)27(32)26(31)23-24/h22-23H,2-21H2,1H3. The lowest BCUT2D eigenvalue weighted by molar-refractivity contribution is 0.143. The van der Waals surface area contributed by atoms with Crippen molar-refractivity contribution in [2.75, 3.05) is 0 Å². The van der Waals surface area contributed by atoms with Gasteiger partial charge in [-0.1, -0.05) is 90.4 Å². The summed E-state index contributed by atoms with van der Waals surface area (Å²) in [6.45, 7) is 2.27. The largest absolute Gasteiger partial charge is 0.204 e. The van der Waals surface area contributed by atoms with Crippen molar-refractivity contribution in [3.05, 3.63) is 35.1 Å². The summed E-state index contributed by atoms with van der Waals surface area (Å²) in [4.78, 5) is 0. The lowest BCUT2D eigenvalue weighted by Gasteiger charge is -2.40. The molecule has 2 aliphatic carbocycles. The predicted molar refractivity (Wildman–Crippen MR) is 128 cm³/mol. The first-order valence-electron chi connectivity index (χ1n) is 13.7. The van der Waals surface area contributed by atoms with E-state index in [9.17, 15) is 13.2 Å². The van der Waals surface area contributed by atoms with Gasteiger partial charge in [0.25, 0.3) is 0 Å². The monoisotopic (exact) mass is 450 g/mol.